The second-order valence-corrected chi connectivity index (χ2v) is 8.78. The number of rotatable bonds is 8. The number of thiazole rings is 1. The number of nitrogens with one attached hydrogen (secondary N) is 1. The molecule has 32 heavy (non-hydrogen) atoms. The third-order valence-electron chi connectivity index (χ3n) is 5.31. The maximum atomic E-state index is 12.7. The lowest BCUT2D eigenvalue weighted by Gasteiger charge is -2.17. The highest BCUT2D eigenvalue weighted by Gasteiger charge is 2.34. The fraction of sp³-hybridized carbons (Fsp3) is 0.400. The van der Waals surface area contributed by atoms with Crippen LogP contribution in [0.3, 0.4) is 0 Å². The molecule has 3 heterocycles. The van der Waals surface area contributed by atoms with Gasteiger partial charge in [-0.25, -0.2) is 4.52 Å². The molecule has 1 unspecified atom stereocenters. The Morgan fingerprint density at radius 1 is 1.34 bits per heavy atom. The van der Waals surface area contributed by atoms with Crippen LogP contribution >= 0.6 is 11.3 Å². The van der Waals surface area contributed by atoms with E-state index in [9.17, 15) is 19.7 Å². The molecule has 0 radical (unpaired) electrons. The van der Waals surface area contributed by atoms with E-state index in [2.05, 4.69) is 20.3 Å². The normalized spacial score (nSPS) is 16.3. The Morgan fingerprint density at radius 2 is 2.09 bits per heavy atom. The summed E-state index contributed by atoms with van der Waals surface area (Å²) < 4.78 is 1.59. The summed E-state index contributed by atoms with van der Waals surface area (Å²) in [5.41, 5.74) is 1.48. The Hall–Kier alpha value is -3.38. The lowest BCUT2D eigenvalue weighted by atomic mass is 10.1. The van der Waals surface area contributed by atoms with E-state index in [4.69, 9.17) is 0 Å². The third kappa shape index (κ3) is 4.60. The molecule has 11 nitrogen and oxygen atoms in total. The number of carbonyl (C=O) groups is 2. The lowest BCUT2D eigenvalue weighted by molar-refractivity contribution is -0.384. The highest BCUT2D eigenvalue weighted by molar-refractivity contribution is 7.15. The van der Waals surface area contributed by atoms with Crippen LogP contribution in [-0.4, -0.2) is 74.9 Å². The number of nitrogens with zero attached hydrogens (tertiary/aromatic N) is 6. The molecule has 1 N–H and O–H groups in total. The van der Waals surface area contributed by atoms with Gasteiger partial charge in [-0.1, -0.05) is 0 Å². The fourth-order valence-corrected chi connectivity index (χ4v) is 4.47. The van der Waals surface area contributed by atoms with Gasteiger partial charge in [0.25, 0.3) is 5.69 Å². The zero-order valence-corrected chi connectivity index (χ0v) is 18.5. The number of nitro benzene ring substituents is 1. The molecule has 1 saturated heterocycles. The number of fused-ring (bicyclic) bond motifs is 1. The molecule has 0 saturated carbocycles. The van der Waals surface area contributed by atoms with Crippen molar-refractivity contribution >= 4 is 39.7 Å². The van der Waals surface area contributed by atoms with Crippen molar-refractivity contribution < 1.29 is 14.5 Å². The van der Waals surface area contributed by atoms with Crippen molar-refractivity contribution in [2.75, 3.05) is 39.0 Å². The quantitative estimate of drug-likeness (QED) is 0.405. The molecule has 4 rings (SSSR count). The molecule has 1 aliphatic heterocycles. The molecule has 12 heteroatoms. The minimum Gasteiger partial charge on any atom is -0.342 e. The summed E-state index contributed by atoms with van der Waals surface area (Å²) in [6, 6.07) is 6.16. The number of non-ortho nitro benzene ring substituents is 1. The summed E-state index contributed by atoms with van der Waals surface area (Å²) in [4.78, 5) is 44.1. The number of hydrogen-bond donors (Lipinski definition) is 1. The van der Waals surface area contributed by atoms with E-state index in [1.54, 1.807) is 21.5 Å². The molecule has 2 aromatic heterocycles. The van der Waals surface area contributed by atoms with Gasteiger partial charge in [0.15, 0.2) is 0 Å². The number of likely N-dealkylation sites (tertiary alicyclic amines) is 1. The van der Waals surface area contributed by atoms with Gasteiger partial charge in [-0.15, -0.1) is 16.4 Å². The summed E-state index contributed by atoms with van der Waals surface area (Å²) in [6.45, 7) is 1.92. The van der Waals surface area contributed by atoms with Gasteiger partial charge in [0.1, 0.15) is 0 Å². The van der Waals surface area contributed by atoms with E-state index in [1.165, 1.54) is 23.5 Å². The van der Waals surface area contributed by atoms with E-state index < -0.39 is 10.8 Å². The Kier molecular flexibility index (Phi) is 6.15. The zero-order valence-electron chi connectivity index (χ0n) is 17.7. The molecule has 2 amide bonds. The Labute approximate surface area is 187 Å². The van der Waals surface area contributed by atoms with Crippen molar-refractivity contribution in [3.05, 3.63) is 39.8 Å². The first-order chi connectivity index (χ1) is 15.3. The molecular weight excluding hydrogens is 434 g/mol. The van der Waals surface area contributed by atoms with Crippen molar-refractivity contribution in [1.29, 1.82) is 0 Å². The molecule has 0 spiro atoms. The van der Waals surface area contributed by atoms with Gasteiger partial charge in [-0.05, 0) is 39.2 Å². The Balaban J connectivity index is 1.42. The van der Waals surface area contributed by atoms with Crippen LogP contribution in [-0.2, 0) is 9.59 Å². The molecule has 0 bridgehead atoms. The van der Waals surface area contributed by atoms with Gasteiger partial charge < -0.3 is 9.80 Å². The number of hydrogen-bond acceptors (Lipinski definition) is 8. The van der Waals surface area contributed by atoms with E-state index in [-0.39, 0.29) is 29.9 Å². The predicted octanol–water partition coefficient (Wildman–Crippen LogP) is 2.10. The molecular formula is C20H23N7O4S. The number of carbonyl (C=O) groups excluding carboxylic acids is 2. The second-order valence-electron chi connectivity index (χ2n) is 7.94. The highest BCUT2D eigenvalue weighted by atomic mass is 32.1. The van der Waals surface area contributed by atoms with Crippen LogP contribution in [0.25, 0.3) is 16.2 Å². The van der Waals surface area contributed by atoms with Gasteiger partial charge >= 0.3 is 0 Å². The lowest BCUT2D eigenvalue weighted by Crippen LogP contribution is -2.30. The Morgan fingerprint density at radius 3 is 2.78 bits per heavy atom. The van der Waals surface area contributed by atoms with Crippen LogP contribution in [0.2, 0.25) is 0 Å². The first-order valence-corrected chi connectivity index (χ1v) is 11.0. The van der Waals surface area contributed by atoms with Crippen LogP contribution in [0.5, 0.6) is 0 Å². The van der Waals surface area contributed by atoms with Gasteiger partial charge in [-0.2, -0.15) is 4.98 Å². The second kappa shape index (κ2) is 9.01. The highest BCUT2D eigenvalue weighted by Crippen LogP contribution is 2.28. The van der Waals surface area contributed by atoms with E-state index >= 15 is 0 Å². The molecule has 3 aromatic rings. The molecule has 0 aliphatic carbocycles. The van der Waals surface area contributed by atoms with Crippen molar-refractivity contribution in [2.24, 2.45) is 5.92 Å². The van der Waals surface area contributed by atoms with E-state index in [0.717, 1.165) is 24.2 Å². The number of benzene rings is 1. The van der Waals surface area contributed by atoms with Crippen molar-refractivity contribution in [3.63, 3.8) is 0 Å². The van der Waals surface area contributed by atoms with Gasteiger partial charge in [-0.3, -0.25) is 25.0 Å². The van der Waals surface area contributed by atoms with Crippen LogP contribution in [0.1, 0.15) is 12.8 Å². The topological polar surface area (TPSA) is 126 Å². The fourth-order valence-electron chi connectivity index (χ4n) is 3.64. The maximum Gasteiger partial charge on any atom is 0.269 e. The standard InChI is InChI=1S/C20H23N7O4S/c1-24(2)8-3-9-25-11-14(10-17(25)28)18(29)21-19-22-20-26(23-19)16(12-32-20)13-4-6-15(7-5-13)27(30)31/h4-7,12,14H,3,8-11H2,1-2H3,(H,21,23,29). The number of nitro groups is 1. The number of aromatic nitrogens is 3. The first kappa shape index (κ1) is 21.8. The van der Waals surface area contributed by atoms with Crippen LogP contribution in [0.4, 0.5) is 11.6 Å². The molecule has 1 fully saturated rings. The smallest absolute Gasteiger partial charge is 0.269 e. The molecule has 168 valence electrons. The molecule has 1 aliphatic rings. The van der Waals surface area contributed by atoms with Crippen LogP contribution in [0.15, 0.2) is 29.6 Å². The van der Waals surface area contributed by atoms with Crippen molar-refractivity contribution in [2.45, 2.75) is 12.8 Å². The summed E-state index contributed by atoms with van der Waals surface area (Å²) in [5, 5.41) is 19.8. The first-order valence-electron chi connectivity index (χ1n) is 10.1. The molecule has 1 atom stereocenters. The van der Waals surface area contributed by atoms with E-state index in [1.807, 2.05) is 19.5 Å². The van der Waals surface area contributed by atoms with Crippen molar-refractivity contribution in [3.8, 4) is 11.3 Å². The monoisotopic (exact) mass is 457 g/mol. The average molecular weight is 458 g/mol. The largest absolute Gasteiger partial charge is 0.342 e. The van der Waals surface area contributed by atoms with Gasteiger partial charge in [0.2, 0.25) is 22.7 Å². The minimum absolute atomic E-state index is 0.00800. The molecule has 1 aromatic carbocycles. The SMILES string of the molecule is CN(C)CCCN1CC(C(=O)Nc2nc3scc(-c4ccc([N+](=O)[O-])cc4)n3n2)CC1=O. The van der Waals surface area contributed by atoms with Crippen LogP contribution < -0.4 is 5.32 Å². The third-order valence-corrected chi connectivity index (χ3v) is 6.13. The van der Waals surface area contributed by atoms with Gasteiger partial charge in [0, 0.05) is 42.6 Å². The maximum absolute atomic E-state index is 12.7. The predicted molar refractivity (Wildman–Crippen MR) is 119 cm³/mol. The van der Waals surface area contributed by atoms with Gasteiger partial charge in [0.05, 0.1) is 16.5 Å². The van der Waals surface area contributed by atoms with E-state index in [0.29, 0.717) is 18.1 Å². The summed E-state index contributed by atoms with van der Waals surface area (Å²) in [5.74, 6) is -0.548. The summed E-state index contributed by atoms with van der Waals surface area (Å²) in [7, 11) is 3.97. The number of amides is 2. The van der Waals surface area contributed by atoms with Crippen molar-refractivity contribution in [1.82, 2.24) is 24.4 Å². The minimum atomic E-state index is -0.451. The summed E-state index contributed by atoms with van der Waals surface area (Å²) in [6.07, 6.45) is 1.04. The Bertz CT molecular complexity index is 1150. The summed E-state index contributed by atoms with van der Waals surface area (Å²) >= 11 is 1.35. The van der Waals surface area contributed by atoms with Crippen LogP contribution in [0, 0.1) is 16.0 Å². The average Bonchev–Trinajstić information content (AvgIpc) is 3.42. The number of anilines is 1. The zero-order chi connectivity index (χ0) is 22.8.